The fraction of sp³-hybridized carbons (Fsp3) is 0.600. The maximum atomic E-state index is 12.7. The first-order valence-corrected chi connectivity index (χ1v) is 7.08. The van der Waals surface area contributed by atoms with Gasteiger partial charge in [-0.15, -0.1) is 0 Å². The lowest BCUT2D eigenvalue weighted by Gasteiger charge is -2.29. The van der Waals surface area contributed by atoms with Crippen LogP contribution in [-0.2, 0) is 0 Å². The van der Waals surface area contributed by atoms with Gasteiger partial charge in [-0.1, -0.05) is 37.3 Å². The second kappa shape index (κ2) is 6.59. The molecule has 0 amide bonds. The SMILES string of the molecule is CCNC(CN(CC(F)(F)F)C1CC1)c1ccccc1. The van der Waals surface area contributed by atoms with Gasteiger partial charge >= 0.3 is 6.18 Å². The lowest BCUT2D eigenvalue weighted by Crippen LogP contribution is -2.41. The Balaban J connectivity index is 2.05. The Morgan fingerprint density at radius 3 is 2.40 bits per heavy atom. The molecule has 20 heavy (non-hydrogen) atoms. The maximum absolute atomic E-state index is 12.7. The first-order valence-electron chi connectivity index (χ1n) is 7.08. The summed E-state index contributed by atoms with van der Waals surface area (Å²) >= 11 is 0. The third-order valence-corrected chi connectivity index (χ3v) is 3.52. The molecule has 1 atom stereocenters. The molecule has 0 spiro atoms. The molecule has 1 aliphatic rings. The normalized spacial score (nSPS) is 17.4. The number of benzene rings is 1. The number of rotatable bonds is 7. The monoisotopic (exact) mass is 286 g/mol. The summed E-state index contributed by atoms with van der Waals surface area (Å²) in [5, 5.41) is 3.29. The second-order valence-electron chi connectivity index (χ2n) is 5.30. The Morgan fingerprint density at radius 2 is 1.90 bits per heavy atom. The lowest BCUT2D eigenvalue weighted by molar-refractivity contribution is -0.147. The number of nitrogens with one attached hydrogen (secondary N) is 1. The van der Waals surface area contributed by atoms with Crippen LogP contribution >= 0.6 is 0 Å². The van der Waals surface area contributed by atoms with Crippen molar-refractivity contribution in [2.75, 3.05) is 19.6 Å². The van der Waals surface area contributed by atoms with Gasteiger partial charge < -0.3 is 5.32 Å². The topological polar surface area (TPSA) is 15.3 Å². The smallest absolute Gasteiger partial charge is 0.309 e. The number of hydrogen-bond donors (Lipinski definition) is 1. The molecule has 2 rings (SSSR count). The van der Waals surface area contributed by atoms with Crippen molar-refractivity contribution in [3.05, 3.63) is 35.9 Å². The standard InChI is InChI=1S/C15H21F3N2/c1-2-19-14(12-6-4-3-5-7-12)10-20(13-8-9-13)11-15(16,17)18/h3-7,13-14,19H,2,8-11H2,1H3. The van der Waals surface area contributed by atoms with Gasteiger partial charge in [-0.3, -0.25) is 4.90 Å². The Kier molecular flexibility index (Phi) is 5.05. The molecule has 1 N–H and O–H groups in total. The first kappa shape index (κ1) is 15.3. The molecule has 5 heteroatoms. The minimum atomic E-state index is -4.13. The predicted octanol–water partition coefficient (Wildman–Crippen LogP) is 3.36. The van der Waals surface area contributed by atoms with Crippen LogP contribution in [0.2, 0.25) is 0 Å². The zero-order chi connectivity index (χ0) is 14.6. The molecule has 0 aliphatic heterocycles. The Labute approximate surface area is 118 Å². The molecule has 0 heterocycles. The Bertz CT molecular complexity index is 401. The molecule has 112 valence electrons. The first-order chi connectivity index (χ1) is 9.49. The van der Waals surface area contributed by atoms with Gasteiger partial charge in [-0.05, 0) is 24.9 Å². The van der Waals surface area contributed by atoms with E-state index >= 15 is 0 Å². The zero-order valence-electron chi connectivity index (χ0n) is 11.7. The molecule has 1 aromatic carbocycles. The van der Waals surface area contributed by atoms with Crippen molar-refractivity contribution in [2.24, 2.45) is 0 Å². The van der Waals surface area contributed by atoms with E-state index in [0.29, 0.717) is 6.54 Å². The van der Waals surface area contributed by atoms with E-state index in [-0.39, 0.29) is 12.1 Å². The molecule has 0 radical (unpaired) electrons. The van der Waals surface area contributed by atoms with E-state index < -0.39 is 12.7 Å². The third-order valence-electron chi connectivity index (χ3n) is 3.52. The highest BCUT2D eigenvalue weighted by atomic mass is 19.4. The summed E-state index contributed by atoms with van der Waals surface area (Å²) < 4.78 is 38.0. The molecule has 0 aromatic heterocycles. The van der Waals surface area contributed by atoms with Gasteiger partial charge in [0.25, 0.3) is 0 Å². The lowest BCUT2D eigenvalue weighted by atomic mass is 10.1. The van der Waals surface area contributed by atoms with Crippen molar-refractivity contribution in [3.8, 4) is 0 Å². The van der Waals surface area contributed by atoms with Gasteiger partial charge in [0.1, 0.15) is 0 Å². The highest BCUT2D eigenvalue weighted by Gasteiger charge is 2.38. The molecule has 0 saturated heterocycles. The number of hydrogen-bond acceptors (Lipinski definition) is 2. The van der Waals surface area contributed by atoms with E-state index in [1.165, 1.54) is 0 Å². The average molecular weight is 286 g/mol. The minimum Gasteiger partial charge on any atom is -0.309 e. The molecule has 1 unspecified atom stereocenters. The molecule has 0 bridgehead atoms. The van der Waals surface area contributed by atoms with Crippen molar-refractivity contribution in [2.45, 2.75) is 38.0 Å². The van der Waals surface area contributed by atoms with Crippen LogP contribution in [0, 0.1) is 0 Å². The zero-order valence-corrected chi connectivity index (χ0v) is 11.7. The van der Waals surface area contributed by atoms with Gasteiger partial charge in [0.15, 0.2) is 0 Å². The van der Waals surface area contributed by atoms with Crippen LogP contribution in [0.15, 0.2) is 30.3 Å². The highest BCUT2D eigenvalue weighted by molar-refractivity contribution is 5.19. The van der Waals surface area contributed by atoms with Crippen LogP contribution in [0.3, 0.4) is 0 Å². The fourth-order valence-corrected chi connectivity index (χ4v) is 2.47. The maximum Gasteiger partial charge on any atom is 0.401 e. The van der Waals surface area contributed by atoms with Crippen LogP contribution in [0.25, 0.3) is 0 Å². The summed E-state index contributed by atoms with van der Waals surface area (Å²) in [6.07, 6.45) is -2.37. The summed E-state index contributed by atoms with van der Waals surface area (Å²) in [6.45, 7) is 2.31. The van der Waals surface area contributed by atoms with Crippen LogP contribution in [0.1, 0.15) is 31.4 Å². The van der Waals surface area contributed by atoms with Crippen molar-refractivity contribution < 1.29 is 13.2 Å². The molecule has 2 nitrogen and oxygen atoms in total. The van der Waals surface area contributed by atoms with Crippen LogP contribution in [-0.4, -0.2) is 36.8 Å². The van der Waals surface area contributed by atoms with E-state index in [4.69, 9.17) is 0 Å². The molecule has 1 aromatic rings. The highest BCUT2D eigenvalue weighted by Crippen LogP contribution is 2.31. The third kappa shape index (κ3) is 4.80. The number of nitrogens with zero attached hydrogens (tertiary/aromatic N) is 1. The number of alkyl halides is 3. The largest absolute Gasteiger partial charge is 0.401 e. The van der Waals surface area contributed by atoms with Gasteiger partial charge in [0, 0.05) is 18.6 Å². The van der Waals surface area contributed by atoms with E-state index in [1.807, 2.05) is 37.3 Å². The van der Waals surface area contributed by atoms with Gasteiger partial charge in [-0.25, -0.2) is 0 Å². The van der Waals surface area contributed by atoms with Crippen molar-refractivity contribution >= 4 is 0 Å². The molecular weight excluding hydrogens is 265 g/mol. The summed E-state index contributed by atoms with van der Waals surface area (Å²) in [6, 6.07) is 9.74. The average Bonchev–Trinajstić information content (AvgIpc) is 3.21. The molecule has 1 fully saturated rings. The van der Waals surface area contributed by atoms with Crippen molar-refractivity contribution in [1.29, 1.82) is 0 Å². The Morgan fingerprint density at radius 1 is 1.25 bits per heavy atom. The Hall–Kier alpha value is -1.07. The molecular formula is C15H21F3N2. The van der Waals surface area contributed by atoms with Crippen LogP contribution < -0.4 is 5.32 Å². The fourth-order valence-electron chi connectivity index (χ4n) is 2.47. The molecule has 1 saturated carbocycles. The van der Waals surface area contributed by atoms with Gasteiger partial charge in [0.2, 0.25) is 0 Å². The van der Waals surface area contributed by atoms with E-state index in [0.717, 1.165) is 24.9 Å². The number of halogens is 3. The summed E-state index contributed by atoms with van der Waals surface area (Å²) in [4.78, 5) is 1.57. The quantitative estimate of drug-likeness (QED) is 0.827. The van der Waals surface area contributed by atoms with E-state index in [9.17, 15) is 13.2 Å². The second-order valence-corrected chi connectivity index (χ2v) is 5.30. The van der Waals surface area contributed by atoms with Crippen LogP contribution in [0.4, 0.5) is 13.2 Å². The predicted molar refractivity (Wildman–Crippen MR) is 73.5 cm³/mol. The van der Waals surface area contributed by atoms with Gasteiger partial charge in [-0.2, -0.15) is 13.2 Å². The summed E-state index contributed by atoms with van der Waals surface area (Å²) in [7, 11) is 0. The van der Waals surface area contributed by atoms with E-state index in [2.05, 4.69) is 5.32 Å². The summed E-state index contributed by atoms with van der Waals surface area (Å²) in [5.74, 6) is 0. The molecule has 1 aliphatic carbocycles. The number of likely N-dealkylation sites (N-methyl/N-ethyl adjacent to an activating group) is 1. The van der Waals surface area contributed by atoms with Crippen molar-refractivity contribution in [1.82, 2.24) is 10.2 Å². The van der Waals surface area contributed by atoms with Crippen molar-refractivity contribution in [3.63, 3.8) is 0 Å². The summed E-state index contributed by atoms with van der Waals surface area (Å²) in [5.41, 5.74) is 1.04. The van der Waals surface area contributed by atoms with Gasteiger partial charge in [0.05, 0.1) is 6.54 Å². The minimum absolute atomic E-state index is 0.0517. The van der Waals surface area contributed by atoms with Crippen LogP contribution in [0.5, 0.6) is 0 Å². The van der Waals surface area contributed by atoms with E-state index in [1.54, 1.807) is 4.90 Å².